The molecule has 4 heterocycles. The second kappa shape index (κ2) is 7.95. The SMILES string of the molecule is Cc1nn2c(nnc3c(=O)n(Cc4ccc5c(c4)OCCCO5)ccc32)c1-c1ccc(F)cc1. The molecule has 2 aromatic carbocycles. The molecule has 3 aromatic heterocycles. The van der Waals surface area contributed by atoms with Crippen molar-refractivity contribution in [1.29, 1.82) is 0 Å². The molecule has 0 N–H and O–H groups in total. The quantitative estimate of drug-likeness (QED) is 0.410. The van der Waals surface area contributed by atoms with Crippen molar-refractivity contribution in [3.8, 4) is 22.6 Å². The summed E-state index contributed by atoms with van der Waals surface area (Å²) in [6.07, 6.45) is 2.56. The first-order valence-corrected chi connectivity index (χ1v) is 11.0. The summed E-state index contributed by atoms with van der Waals surface area (Å²) in [6.45, 7) is 3.43. The molecule has 8 nitrogen and oxygen atoms in total. The van der Waals surface area contributed by atoms with Crippen LogP contribution in [-0.2, 0) is 6.54 Å². The van der Waals surface area contributed by atoms with Gasteiger partial charge in [0.2, 0.25) is 0 Å². The average molecular weight is 457 g/mol. The largest absolute Gasteiger partial charge is 0.490 e. The average Bonchev–Trinajstić information content (AvgIpc) is 3.01. The van der Waals surface area contributed by atoms with Crippen LogP contribution in [-0.4, -0.2) is 37.6 Å². The fourth-order valence-electron chi connectivity index (χ4n) is 4.27. The van der Waals surface area contributed by atoms with E-state index in [1.807, 2.05) is 31.2 Å². The first-order chi connectivity index (χ1) is 16.6. The Bertz CT molecular complexity index is 1610. The van der Waals surface area contributed by atoms with Gasteiger partial charge in [0.1, 0.15) is 11.3 Å². The number of aromatic nitrogens is 5. The van der Waals surface area contributed by atoms with Crippen molar-refractivity contribution in [2.45, 2.75) is 19.9 Å². The van der Waals surface area contributed by atoms with Crippen LogP contribution in [0.2, 0.25) is 0 Å². The van der Waals surface area contributed by atoms with Crippen LogP contribution >= 0.6 is 0 Å². The van der Waals surface area contributed by atoms with Crippen molar-refractivity contribution in [2.75, 3.05) is 13.2 Å². The number of aryl methyl sites for hydroxylation is 1. The molecule has 9 heteroatoms. The molecule has 0 bridgehead atoms. The molecule has 0 spiro atoms. The lowest BCUT2D eigenvalue weighted by Gasteiger charge is -2.11. The van der Waals surface area contributed by atoms with E-state index in [1.54, 1.807) is 27.4 Å². The summed E-state index contributed by atoms with van der Waals surface area (Å²) in [7, 11) is 0. The number of nitrogens with zero attached hydrogens (tertiary/aromatic N) is 5. The summed E-state index contributed by atoms with van der Waals surface area (Å²) in [5.74, 6) is 1.08. The smallest absolute Gasteiger partial charge is 0.280 e. The van der Waals surface area contributed by atoms with Gasteiger partial charge in [-0.1, -0.05) is 18.2 Å². The van der Waals surface area contributed by atoms with Crippen LogP contribution in [0.4, 0.5) is 4.39 Å². The maximum Gasteiger partial charge on any atom is 0.280 e. The van der Waals surface area contributed by atoms with E-state index in [9.17, 15) is 9.18 Å². The van der Waals surface area contributed by atoms with Gasteiger partial charge in [-0.05, 0) is 48.4 Å². The second-order valence-corrected chi connectivity index (χ2v) is 8.22. The third-order valence-corrected chi connectivity index (χ3v) is 5.93. The Balaban J connectivity index is 1.41. The highest BCUT2D eigenvalue weighted by molar-refractivity contribution is 5.84. The Hall–Kier alpha value is -4.27. The van der Waals surface area contributed by atoms with Crippen molar-refractivity contribution in [1.82, 2.24) is 24.4 Å². The highest BCUT2D eigenvalue weighted by Gasteiger charge is 2.18. The van der Waals surface area contributed by atoms with E-state index in [0.29, 0.717) is 48.1 Å². The zero-order valence-electron chi connectivity index (χ0n) is 18.4. The molecule has 0 aliphatic carbocycles. The normalized spacial score (nSPS) is 13.4. The topological polar surface area (TPSA) is 83.5 Å². The first kappa shape index (κ1) is 20.3. The van der Waals surface area contributed by atoms with E-state index in [4.69, 9.17) is 9.47 Å². The van der Waals surface area contributed by atoms with Gasteiger partial charge in [0.15, 0.2) is 22.7 Å². The minimum Gasteiger partial charge on any atom is -0.490 e. The van der Waals surface area contributed by atoms with Gasteiger partial charge < -0.3 is 14.0 Å². The Morgan fingerprint density at radius 1 is 1.00 bits per heavy atom. The van der Waals surface area contributed by atoms with E-state index < -0.39 is 0 Å². The van der Waals surface area contributed by atoms with Crippen LogP contribution in [0.5, 0.6) is 11.5 Å². The first-order valence-electron chi connectivity index (χ1n) is 11.0. The molecule has 0 amide bonds. The molecule has 0 saturated carbocycles. The highest BCUT2D eigenvalue weighted by atomic mass is 19.1. The summed E-state index contributed by atoms with van der Waals surface area (Å²) >= 11 is 0. The number of fused-ring (bicyclic) bond motifs is 4. The summed E-state index contributed by atoms with van der Waals surface area (Å²) in [4.78, 5) is 13.2. The number of benzene rings is 2. The lowest BCUT2D eigenvalue weighted by Crippen LogP contribution is -2.22. The van der Waals surface area contributed by atoms with Gasteiger partial charge in [-0.25, -0.2) is 8.91 Å². The van der Waals surface area contributed by atoms with E-state index >= 15 is 0 Å². The molecular weight excluding hydrogens is 437 g/mol. The molecule has 0 atom stereocenters. The van der Waals surface area contributed by atoms with Crippen LogP contribution in [0.25, 0.3) is 27.8 Å². The number of pyridine rings is 1. The number of hydrogen-bond acceptors (Lipinski definition) is 6. The van der Waals surface area contributed by atoms with Crippen LogP contribution in [0.15, 0.2) is 59.5 Å². The van der Waals surface area contributed by atoms with Crippen molar-refractivity contribution >= 4 is 16.7 Å². The molecule has 0 radical (unpaired) electrons. The zero-order chi connectivity index (χ0) is 23.2. The number of ether oxygens (including phenoxy) is 2. The number of hydrogen-bond donors (Lipinski definition) is 0. The highest BCUT2D eigenvalue weighted by Crippen LogP contribution is 2.31. The minimum absolute atomic E-state index is 0.220. The summed E-state index contributed by atoms with van der Waals surface area (Å²) < 4.78 is 28.0. The van der Waals surface area contributed by atoms with E-state index in [0.717, 1.165) is 23.1 Å². The third-order valence-electron chi connectivity index (χ3n) is 5.93. The minimum atomic E-state index is -0.316. The van der Waals surface area contributed by atoms with Gasteiger partial charge in [-0.15, -0.1) is 10.2 Å². The van der Waals surface area contributed by atoms with Crippen LogP contribution in [0.3, 0.4) is 0 Å². The second-order valence-electron chi connectivity index (χ2n) is 8.22. The molecule has 170 valence electrons. The zero-order valence-corrected chi connectivity index (χ0v) is 18.4. The summed E-state index contributed by atoms with van der Waals surface area (Å²) in [5.41, 5.74) is 4.18. The maximum atomic E-state index is 13.4. The van der Waals surface area contributed by atoms with Crippen molar-refractivity contribution in [3.63, 3.8) is 0 Å². The fraction of sp³-hybridized carbons (Fsp3) is 0.200. The van der Waals surface area contributed by atoms with Crippen LogP contribution in [0, 0.1) is 12.7 Å². The van der Waals surface area contributed by atoms with E-state index in [1.165, 1.54) is 12.1 Å². The van der Waals surface area contributed by atoms with Gasteiger partial charge in [-0.2, -0.15) is 5.10 Å². The number of rotatable bonds is 3. The van der Waals surface area contributed by atoms with E-state index in [2.05, 4.69) is 15.3 Å². The Morgan fingerprint density at radius 3 is 2.62 bits per heavy atom. The van der Waals surface area contributed by atoms with Crippen molar-refractivity contribution < 1.29 is 13.9 Å². The summed E-state index contributed by atoms with van der Waals surface area (Å²) in [6, 6.07) is 13.6. The standard InChI is InChI=1S/C25H20FN5O3/c1-15-22(17-4-6-18(26)7-5-17)24-28-27-23-19(31(24)29-15)9-10-30(25(23)32)14-16-3-8-20-21(13-16)34-12-2-11-33-20/h3-10,13H,2,11-12,14H2,1H3. The predicted octanol–water partition coefficient (Wildman–Crippen LogP) is 3.76. The van der Waals surface area contributed by atoms with Gasteiger partial charge >= 0.3 is 0 Å². The lowest BCUT2D eigenvalue weighted by atomic mass is 10.1. The van der Waals surface area contributed by atoms with Crippen molar-refractivity contribution in [3.05, 3.63) is 82.2 Å². The molecule has 5 aromatic rings. The lowest BCUT2D eigenvalue weighted by molar-refractivity contribution is 0.297. The molecule has 1 aliphatic rings. The molecule has 0 unspecified atom stereocenters. The Kier molecular flexibility index (Phi) is 4.75. The molecule has 34 heavy (non-hydrogen) atoms. The number of halogens is 1. The fourth-order valence-corrected chi connectivity index (χ4v) is 4.27. The molecular formula is C25H20FN5O3. The van der Waals surface area contributed by atoms with Crippen LogP contribution < -0.4 is 15.0 Å². The van der Waals surface area contributed by atoms with Crippen LogP contribution in [0.1, 0.15) is 17.7 Å². The predicted molar refractivity (Wildman–Crippen MR) is 124 cm³/mol. The molecule has 0 saturated heterocycles. The van der Waals surface area contributed by atoms with Gasteiger partial charge in [0, 0.05) is 12.6 Å². The Labute approximate surface area is 193 Å². The molecule has 1 aliphatic heterocycles. The van der Waals surface area contributed by atoms with Crippen molar-refractivity contribution in [2.24, 2.45) is 0 Å². The monoisotopic (exact) mass is 457 g/mol. The summed E-state index contributed by atoms with van der Waals surface area (Å²) in [5, 5.41) is 13.2. The molecule has 6 rings (SSSR count). The van der Waals surface area contributed by atoms with E-state index in [-0.39, 0.29) is 16.9 Å². The maximum absolute atomic E-state index is 13.4. The Morgan fingerprint density at radius 2 is 1.79 bits per heavy atom. The third kappa shape index (κ3) is 3.37. The molecule has 0 fully saturated rings. The van der Waals surface area contributed by atoms with Gasteiger partial charge in [-0.3, -0.25) is 4.79 Å². The van der Waals surface area contributed by atoms with Gasteiger partial charge in [0.25, 0.3) is 5.56 Å². The van der Waals surface area contributed by atoms with Gasteiger partial charge in [0.05, 0.1) is 31.0 Å².